The first-order valence-electron chi connectivity index (χ1n) is 22.9. The number of phosphoric ester groups is 1. The van der Waals surface area contributed by atoms with Gasteiger partial charge in [0.2, 0.25) is 0 Å². The minimum absolute atomic E-state index is 0.206. The van der Waals surface area contributed by atoms with Crippen LogP contribution in [0, 0.1) is 0 Å². The maximum atomic E-state index is 12.4. The summed E-state index contributed by atoms with van der Waals surface area (Å²) < 4.78 is 26.5. The predicted molar refractivity (Wildman–Crippen MR) is 234 cm³/mol. The lowest BCUT2D eigenvalue weighted by Gasteiger charge is -2.18. The molecule has 0 fully saturated rings. The fourth-order valence-corrected chi connectivity index (χ4v) is 6.74. The Bertz CT molecular complexity index is 1050. The van der Waals surface area contributed by atoms with Gasteiger partial charge in [0.25, 0.3) is 0 Å². The quantitative estimate of drug-likeness (QED) is 0.0271. The minimum atomic E-state index is -4.76. The van der Waals surface area contributed by atoms with Crippen LogP contribution in [0.4, 0.5) is 0 Å². The number of rotatable bonds is 42. The summed E-state index contributed by atoms with van der Waals surface area (Å²) in [6.45, 7) is 3.65. The van der Waals surface area contributed by atoms with Crippen LogP contribution in [0.3, 0.4) is 0 Å². The molecule has 0 bridgehead atoms. The number of esters is 2. The number of ether oxygens (including phenoxy) is 2. The van der Waals surface area contributed by atoms with Crippen LogP contribution in [0.2, 0.25) is 0 Å². The van der Waals surface area contributed by atoms with Crippen LogP contribution in [-0.4, -0.2) is 41.0 Å². The highest BCUT2D eigenvalue weighted by atomic mass is 31.2. The third-order valence-electron chi connectivity index (χ3n) is 9.82. The van der Waals surface area contributed by atoms with Gasteiger partial charge in [-0.3, -0.25) is 14.1 Å². The number of phosphoric acid groups is 1. The fourth-order valence-electron chi connectivity index (χ4n) is 6.38. The molecule has 2 N–H and O–H groups in total. The van der Waals surface area contributed by atoms with E-state index >= 15 is 0 Å². The lowest BCUT2D eigenvalue weighted by Crippen LogP contribution is -2.29. The molecule has 0 saturated carbocycles. The molecule has 0 spiro atoms. The number of hydrogen-bond donors (Lipinski definition) is 2. The van der Waals surface area contributed by atoms with Gasteiger partial charge in [-0.1, -0.05) is 178 Å². The summed E-state index contributed by atoms with van der Waals surface area (Å²) >= 11 is 0. The largest absolute Gasteiger partial charge is 0.469 e. The molecular weight excluding hydrogens is 723 g/mol. The van der Waals surface area contributed by atoms with E-state index in [9.17, 15) is 14.2 Å². The highest BCUT2D eigenvalue weighted by Gasteiger charge is 2.22. The fraction of sp³-hybridized carbons (Fsp3) is 0.787. The Labute approximate surface area is 344 Å². The molecule has 0 amide bonds. The molecular formula is C47H85O8P. The van der Waals surface area contributed by atoms with Crippen LogP contribution in [0.1, 0.15) is 219 Å². The third kappa shape index (κ3) is 44.7. The van der Waals surface area contributed by atoms with Crippen molar-refractivity contribution in [1.29, 1.82) is 0 Å². The lowest BCUT2D eigenvalue weighted by atomic mass is 10.1. The Kier molecular flexibility index (Phi) is 41.1. The van der Waals surface area contributed by atoms with Crippen LogP contribution < -0.4 is 0 Å². The number of carbonyl (C=O) groups excluding carboxylic acids is 2. The normalized spacial score (nSPS) is 12.9. The van der Waals surface area contributed by atoms with E-state index in [1.54, 1.807) is 0 Å². The Morgan fingerprint density at radius 2 is 0.804 bits per heavy atom. The van der Waals surface area contributed by atoms with Crippen LogP contribution in [-0.2, 0) is 28.2 Å². The standard InChI is InChI=1S/C47H85O8P/c1-3-5-7-9-11-13-15-17-19-21-23-25-27-29-31-33-35-37-39-41-46(48)53-43-45(44-54-56(50,51)52)55-47(49)42-40-38-36-34-32-30-28-26-24-22-20-18-16-14-12-10-8-6-4-2/h11-14,17-20,45H,3-10,15-16,21-44H2,1-2H3,(H2,50,51,52)/b13-11-,14-12-,19-17-,20-18-/t45-/m1/s1. The molecule has 0 aromatic carbocycles. The highest BCUT2D eigenvalue weighted by molar-refractivity contribution is 7.46. The van der Waals surface area contributed by atoms with Gasteiger partial charge in [-0.2, -0.15) is 0 Å². The van der Waals surface area contributed by atoms with E-state index in [4.69, 9.17) is 19.3 Å². The number of hydrogen-bond acceptors (Lipinski definition) is 6. The molecule has 0 aromatic rings. The number of allylic oxidation sites excluding steroid dienone is 8. The first-order chi connectivity index (χ1) is 27.3. The smallest absolute Gasteiger partial charge is 0.462 e. The minimum Gasteiger partial charge on any atom is -0.462 e. The Morgan fingerprint density at radius 3 is 1.18 bits per heavy atom. The van der Waals surface area contributed by atoms with E-state index in [0.717, 1.165) is 70.6 Å². The summed E-state index contributed by atoms with van der Waals surface area (Å²) in [6, 6.07) is 0. The molecule has 56 heavy (non-hydrogen) atoms. The summed E-state index contributed by atoms with van der Waals surface area (Å²) in [5, 5.41) is 0. The van der Waals surface area contributed by atoms with E-state index in [2.05, 4.69) is 67.0 Å². The molecule has 8 nitrogen and oxygen atoms in total. The van der Waals surface area contributed by atoms with E-state index in [-0.39, 0.29) is 19.4 Å². The van der Waals surface area contributed by atoms with Gasteiger partial charge >= 0.3 is 19.8 Å². The van der Waals surface area contributed by atoms with Crippen molar-refractivity contribution in [1.82, 2.24) is 0 Å². The van der Waals surface area contributed by atoms with Crippen molar-refractivity contribution >= 4 is 19.8 Å². The first-order valence-corrected chi connectivity index (χ1v) is 24.5. The molecule has 0 aliphatic carbocycles. The van der Waals surface area contributed by atoms with Crippen molar-refractivity contribution in [3.05, 3.63) is 48.6 Å². The van der Waals surface area contributed by atoms with Crippen LogP contribution in [0.15, 0.2) is 48.6 Å². The second-order valence-electron chi connectivity index (χ2n) is 15.4. The van der Waals surface area contributed by atoms with Crippen molar-refractivity contribution in [3.63, 3.8) is 0 Å². The summed E-state index contributed by atoms with van der Waals surface area (Å²) in [5.41, 5.74) is 0. The molecule has 0 unspecified atom stereocenters. The van der Waals surface area contributed by atoms with Crippen molar-refractivity contribution in [2.75, 3.05) is 13.2 Å². The van der Waals surface area contributed by atoms with Crippen molar-refractivity contribution in [2.24, 2.45) is 0 Å². The Morgan fingerprint density at radius 1 is 0.464 bits per heavy atom. The van der Waals surface area contributed by atoms with Crippen LogP contribution in [0.5, 0.6) is 0 Å². The van der Waals surface area contributed by atoms with Gasteiger partial charge in [0.1, 0.15) is 6.61 Å². The lowest BCUT2D eigenvalue weighted by molar-refractivity contribution is -0.161. The molecule has 0 saturated heterocycles. The zero-order chi connectivity index (χ0) is 41.1. The van der Waals surface area contributed by atoms with Gasteiger partial charge in [0.05, 0.1) is 6.61 Å². The van der Waals surface area contributed by atoms with Gasteiger partial charge in [-0.05, 0) is 77.0 Å². The summed E-state index contributed by atoms with van der Waals surface area (Å²) in [7, 11) is -4.76. The monoisotopic (exact) mass is 809 g/mol. The van der Waals surface area contributed by atoms with Gasteiger partial charge in [-0.25, -0.2) is 4.57 Å². The molecule has 0 aromatic heterocycles. The molecule has 0 aliphatic rings. The maximum absolute atomic E-state index is 12.4. The highest BCUT2D eigenvalue weighted by Crippen LogP contribution is 2.36. The van der Waals surface area contributed by atoms with Crippen molar-refractivity contribution < 1.29 is 37.9 Å². The van der Waals surface area contributed by atoms with Gasteiger partial charge in [-0.15, -0.1) is 0 Å². The van der Waals surface area contributed by atoms with Crippen molar-refractivity contribution in [3.8, 4) is 0 Å². The zero-order valence-corrected chi connectivity index (χ0v) is 36.9. The van der Waals surface area contributed by atoms with Crippen LogP contribution in [0.25, 0.3) is 0 Å². The van der Waals surface area contributed by atoms with Crippen molar-refractivity contribution in [2.45, 2.75) is 225 Å². The van der Waals surface area contributed by atoms with Crippen LogP contribution >= 0.6 is 7.82 Å². The molecule has 0 aliphatic heterocycles. The second kappa shape index (κ2) is 42.6. The third-order valence-corrected chi connectivity index (χ3v) is 10.3. The zero-order valence-electron chi connectivity index (χ0n) is 36.0. The van der Waals surface area contributed by atoms with E-state index in [0.29, 0.717) is 6.42 Å². The van der Waals surface area contributed by atoms with E-state index < -0.39 is 32.5 Å². The van der Waals surface area contributed by atoms with E-state index in [1.165, 1.54) is 116 Å². The summed E-state index contributed by atoms with van der Waals surface area (Å²) in [6.07, 6.45) is 52.5. The summed E-state index contributed by atoms with van der Waals surface area (Å²) in [4.78, 5) is 43.0. The molecule has 0 radical (unpaired) electrons. The second-order valence-corrected chi connectivity index (χ2v) is 16.6. The van der Waals surface area contributed by atoms with E-state index in [1.807, 2.05) is 0 Å². The number of carbonyl (C=O) groups is 2. The van der Waals surface area contributed by atoms with Gasteiger partial charge in [0, 0.05) is 12.8 Å². The molecule has 326 valence electrons. The number of unbranched alkanes of at least 4 members (excludes halogenated alkanes) is 24. The summed E-state index contributed by atoms with van der Waals surface area (Å²) in [5.74, 6) is -0.890. The maximum Gasteiger partial charge on any atom is 0.469 e. The Hall–Kier alpha value is -1.99. The Balaban J connectivity index is 3.88. The molecule has 0 rings (SSSR count). The van der Waals surface area contributed by atoms with Gasteiger partial charge < -0.3 is 19.3 Å². The topological polar surface area (TPSA) is 119 Å². The predicted octanol–water partition coefficient (Wildman–Crippen LogP) is 14.3. The molecule has 1 atom stereocenters. The van der Waals surface area contributed by atoms with Gasteiger partial charge in [0.15, 0.2) is 6.10 Å². The molecule has 9 heteroatoms. The SMILES string of the molecule is CCCCC/C=C\C/C=C\CCCCCCCCCCCC(=O)OC[C@H](COP(=O)(O)O)OC(=O)CCCCCCCCCCC/C=C\C/C=C\CCCCC. The molecule has 0 heterocycles. The average molecular weight is 809 g/mol. The first kappa shape index (κ1) is 54.0. The average Bonchev–Trinajstić information content (AvgIpc) is 3.17.